The van der Waals surface area contributed by atoms with Gasteiger partial charge in [0, 0.05) is 13.2 Å². The van der Waals surface area contributed by atoms with Gasteiger partial charge in [0.05, 0.1) is 57.0 Å². The van der Waals surface area contributed by atoms with Crippen LogP contribution in [0.4, 0.5) is 5.69 Å². The first-order valence-electron chi connectivity index (χ1n) is 6.83. The summed E-state index contributed by atoms with van der Waals surface area (Å²) in [6.07, 6.45) is 1.90. The second kappa shape index (κ2) is 4.20. The van der Waals surface area contributed by atoms with Crippen LogP contribution in [0.2, 0.25) is 0 Å². The molecule has 0 spiro atoms. The topological polar surface area (TPSA) is 34.0 Å². The highest BCUT2D eigenvalue weighted by Gasteiger charge is 2.26. The van der Waals surface area contributed by atoms with Crippen molar-refractivity contribution in [3.05, 3.63) is 18.0 Å². The third-order valence-electron chi connectivity index (χ3n) is 4.17. The van der Waals surface area contributed by atoms with Crippen molar-refractivity contribution in [3.63, 3.8) is 0 Å². The summed E-state index contributed by atoms with van der Waals surface area (Å²) < 4.78 is 2.98. The summed E-state index contributed by atoms with van der Waals surface area (Å²) in [6.45, 7) is 6.63. The van der Waals surface area contributed by atoms with E-state index < -0.39 is 0 Å². The van der Waals surface area contributed by atoms with Crippen molar-refractivity contribution in [2.24, 2.45) is 7.05 Å². The molecule has 0 N–H and O–H groups in total. The molecule has 0 saturated carbocycles. The number of aryl methyl sites for hydroxylation is 2. The molecule has 0 atom stereocenters. The highest BCUT2D eigenvalue weighted by atomic mass is 15.4. The molecule has 2 aromatic heterocycles. The number of hydrogen-bond acceptors (Lipinski definition) is 3. The van der Waals surface area contributed by atoms with E-state index >= 15 is 0 Å². The van der Waals surface area contributed by atoms with Crippen molar-refractivity contribution < 1.29 is 4.48 Å². The molecule has 0 aliphatic carbocycles. The molecule has 0 unspecified atom stereocenters. The van der Waals surface area contributed by atoms with E-state index in [1.807, 2.05) is 17.9 Å². The Morgan fingerprint density at radius 3 is 2.58 bits per heavy atom. The van der Waals surface area contributed by atoms with Crippen LogP contribution in [0.5, 0.6) is 0 Å². The van der Waals surface area contributed by atoms with E-state index in [0.29, 0.717) is 0 Å². The minimum Gasteiger partial charge on any atom is -0.360 e. The first-order chi connectivity index (χ1) is 8.98. The zero-order chi connectivity index (χ0) is 13.6. The van der Waals surface area contributed by atoms with Crippen LogP contribution in [-0.2, 0) is 7.05 Å². The first kappa shape index (κ1) is 12.4. The Labute approximate surface area is 114 Å². The summed E-state index contributed by atoms with van der Waals surface area (Å²) >= 11 is 0. The van der Waals surface area contributed by atoms with E-state index in [1.165, 1.54) is 24.2 Å². The van der Waals surface area contributed by atoms with Crippen molar-refractivity contribution in [1.29, 1.82) is 0 Å². The Bertz CT molecular complexity index is 604. The molecule has 0 bridgehead atoms. The number of aromatic nitrogens is 3. The van der Waals surface area contributed by atoms with Crippen molar-refractivity contribution in [3.8, 4) is 0 Å². The van der Waals surface area contributed by atoms with Crippen LogP contribution in [0.1, 0.15) is 5.69 Å². The van der Waals surface area contributed by atoms with E-state index in [0.717, 1.165) is 28.9 Å². The van der Waals surface area contributed by atoms with Crippen LogP contribution in [0.25, 0.3) is 11.0 Å². The van der Waals surface area contributed by atoms with Gasteiger partial charge >= 0.3 is 0 Å². The lowest BCUT2D eigenvalue weighted by Crippen LogP contribution is -2.54. The highest BCUT2D eigenvalue weighted by molar-refractivity contribution is 5.91. The standard InChI is InChI=1S/C14H22N5/c1-11-13-12(5-6-15-14(13)17(2)16-11)18-7-9-19(3,4)10-8-18/h5-6H,7-10H2,1-4H3/q+1. The van der Waals surface area contributed by atoms with Gasteiger partial charge in [-0.2, -0.15) is 5.10 Å². The van der Waals surface area contributed by atoms with Gasteiger partial charge < -0.3 is 9.38 Å². The molecular formula is C14H22N5+. The Kier molecular flexibility index (Phi) is 2.74. The van der Waals surface area contributed by atoms with Gasteiger partial charge in [-0.15, -0.1) is 0 Å². The molecule has 3 heterocycles. The number of nitrogens with zero attached hydrogens (tertiary/aromatic N) is 5. The minimum absolute atomic E-state index is 0.981. The molecule has 1 saturated heterocycles. The van der Waals surface area contributed by atoms with Gasteiger partial charge in [0.15, 0.2) is 5.65 Å². The Morgan fingerprint density at radius 1 is 1.21 bits per heavy atom. The lowest BCUT2D eigenvalue weighted by atomic mass is 10.2. The lowest BCUT2D eigenvalue weighted by molar-refractivity contribution is -0.890. The van der Waals surface area contributed by atoms with Crippen LogP contribution >= 0.6 is 0 Å². The predicted molar refractivity (Wildman–Crippen MR) is 77.3 cm³/mol. The van der Waals surface area contributed by atoms with Gasteiger partial charge in [0.2, 0.25) is 0 Å². The van der Waals surface area contributed by atoms with Gasteiger partial charge in [-0.1, -0.05) is 0 Å². The van der Waals surface area contributed by atoms with Crippen LogP contribution < -0.4 is 4.90 Å². The van der Waals surface area contributed by atoms with E-state index in [9.17, 15) is 0 Å². The van der Waals surface area contributed by atoms with Crippen molar-refractivity contribution in [2.45, 2.75) is 6.92 Å². The fraction of sp³-hybridized carbons (Fsp3) is 0.571. The molecular weight excluding hydrogens is 238 g/mol. The van der Waals surface area contributed by atoms with Gasteiger partial charge in [-0.25, -0.2) is 4.98 Å². The summed E-state index contributed by atoms with van der Waals surface area (Å²) in [5.41, 5.74) is 3.34. The lowest BCUT2D eigenvalue weighted by Gasteiger charge is -2.40. The predicted octanol–water partition coefficient (Wildman–Crippen LogP) is 1.17. The maximum Gasteiger partial charge on any atom is 0.159 e. The molecule has 2 aromatic rings. The fourth-order valence-corrected chi connectivity index (χ4v) is 2.87. The maximum absolute atomic E-state index is 4.50. The molecule has 1 aliphatic rings. The highest BCUT2D eigenvalue weighted by Crippen LogP contribution is 2.28. The Morgan fingerprint density at radius 2 is 1.89 bits per heavy atom. The van der Waals surface area contributed by atoms with Crippen LogP contribution in [-0.4, -0.2) is 59.5 Å². The van der Waals surface area contributed by atoms with Gasteiger partial charge in [0.25, 0.3) is 0 Å². The van der Waals surface area contributed by atoms with Crippen LogP contribution in [0.15, 0.2) is 12.3 Å². The average molecular weight is 260 g/mol. The molecule has 1 fully saturated rings. The largest absolute Gasteiger partial charge is 0.360 e. The summed E-state index contributed by atoms with van der Waals surface area (Å²) in [5, 5.41) is 5.70. The number of hydrogen-bond donors (Lipinski definition) is 0. The smallest absolute Gasteiger partial charge is 0.159 e. The zero-order valence-electron chi connectivity index (χ0n) is 12.2. The third kappa shape index (κ3) is 2.08. The molecule has 102 valence electrons. The second-order valence-electron chi connectivity index (χ2n) is 6.11. The molecule has 0 amide bonds. The molecule has 5 heteroatoms. The normalized spacial score (nSPS) is 19.1. The molecule has 1 aliphatic heterocycles. The van der Waals surface area contributed by atoms with Gasteiger partial charge in [-0.05, 0) is 13.0 Å². The number of likely N-dealkylation sites (N-methyl/N-ethyl adjacent to an activating group) is 1. The molecule has 0 radical (unpaired) electrons. The summed E-state index contributed by atoms with van der Waals surface area (Å²) in [6, 6.07) is 2.13. The van der Waals surface area contributed by atoms with E-state index in [4.69, 9.17) is 0 Å². The van der Waals surface area contributed by atoms with Crippen molar-refractivity contribution in [1.82, 2.24) is 14.8 Å². The second-order valence-corrected chi connectivity index (χ2v) is 6.11. The Hall–Kier alpha value is -1.62. The molecule has 5 nitrogen and oxygen atoms in total. The summed E-state index contributed by atoms with van der Waals surface area (Å²) in [7, 11) is 6.56. The van der Waals surface area contributed by atoms with Crippen molar-refractivity contribution in [2.75, 3.05) is 45.2 Å². The van der Waals surface area contributed by atoms with E-state index in [2.05, 4.69) is 42.1 Å². The zero-order valence-corrected chi connectivity index (χ0v) is 12.2. The number of anilines is 1. The Balaban J connectivity index is 2.02. The third-order valence-corrected chi connectivity index (χ3v) is 4.17. The summed E-state index contributed by atoms with van der Waals surface area (Å²) in [5.74, 6) is 0. The van der Waals surface area contributed by atoms with Gasteiger partial charge in [-0.3, -0.25) is 4.68 Å². The van der Waals surface area contributed by atoms with Crippen LogP contribution in [0.3, 0.4) is 0 Å². The molecule has 0 aromatic carbocycles. The number of quaternary nitrogens is 1. The average Bonchev–Trinajstić information content (AvgIpc) is 2.65. The molecule has 3 rings (SSSR count). The maximum atomic E-state index is 4.50. The first-order valence-corrected chi connectivity index (χ1v) is 6.83. The number of fused-ring (bicyclic) bond motifs is 1. The molecule has 19 heavy (non-hydrogen) atoms. The number of rotatable bonds is 1. The van der Waals surface area contributed by atoms with Crippen molar-refractivity contribution >= 4 is 16.7 Å². The monoisotopic (exact) mass is 260 g/mol. The quantitative estimate of drug-likeness (QED) is 0.722. The number of pyridine rings is 1. The SMILES string of the molecule is Cc1nn(C)c2nccc(N3CC[N+](C)(C)CC3)c12. The number of piperazine rings is 1. The van der Waals surface area contributed by atoms with E-state index in [1.54, 1.807) is 0 Å². The van der Waals surface area contributed by atoms with E-state index in [-0.39, 0.29) is 0 Å². The fourth-order valence-electron chi connectivity index (χ4n) is 2.87. The van der Waals surface area contributed by atoms with Crippen LogP contribution in [0, 0.1) is 6.92 Å². The van der Waals surface area contributed by atoms with Gasteiger partial charge in [0.1, 0.15) is 0 Å². The minimum atomic E-state index is 0.981. The summed E-state index contributed by atoms with van der Waals surface area (Å²) in [4.78, 5) is 6.93.